The average Bonchev–Trinajstić information content (AvgIpc) is 2.27. The quantitative estimate of drug-likeness (QED) is 0.772. The molecule has 2 nitrogen and oxygen atoms in total. The maximum absolute atomic E-state index is 5.82. The molecule has 0 N–H and O–H groups in total. The molecule has 0 radical (unpaired) electrons. The first-order valence-corrected chi connectivity index (χ1v) is 5.71. The second-order valence-corrected chi connectivity index (χ2v) is 4.29. The molecule has 0 bridgehead atoms. The summed E-state index contributed by atoms with van der Waals surface area (Å²) in [5.41, 5.74) is 1.09. The van der Waals surface area contributed by atoms with Gasteiger partial charge in [0.05, 0.1) is 0 Å². The molecule has 16 heavy (non-hydrogen) atoms. The summed E-state index contributed by atoms with van der Waals surface area (Å²) in [6.45, 7) is 0. The van der Waals surface area contributed by atoms with E-state index < -0.39 is 0 Å². The summed E-state index contributed by atoms with van der Waals surface area (Å²) in [6.07, 6.45) is 0.581. The van der Waals surface area contributed by atoms with E-state index in [1.165, 1.54) is 0 Å². The van der Waals surface area contributed by atoms with Gasteiger partial charge in [0.25, 0.3) is 0 Å². The van der Waals surface area contributed by atoms with Gasteiger partial charge >= 0.3 is 0 Å². The van der Waals surface area contributed by atoms with Gasteiger partial charge in [0, 0.05) is 6.42 Å². The van der Waals surface area contributed by atoms with Gasteiger partial charge in [-0.2, -0.15) is 0 Å². The van der Waals surface area contributed by atoms with E-state index in [9.17, 15) is 0 Å². The largest absolute Gasteiger partial charge is 0.219 e. The van der Waals surface area contributed by atoms with Gasteiger partial charge in [-0.1, -0.05) is 65.1 Å². The molecule has 0 unspecified atom stereocenters. The first kappa shape index (κ1) is 11.6. The van der Waals surface area contributed by atoms with Crippen LogP contribution in [0.1, 0.15) is 11.4 Å². The van der Waals surface area contributed by atoms with Crippen molar-refractivity contribution in [1.82, 2.24) is 9.97 Å². The Balaban J connectivity index is 2.29. The topological polar surface area (TPSA) is 25.8 Å². The Hall–Kier alpha value is -0.830. The average molecular weight is 274 g/mol. The molecule has 0 spiro atoms. The molecule has 1 heterocycles. The minimum absolute atomic E-state index is 0.188. The fourth-order valence-corrected chi connectivity index (χ4v) is 1.80. The summed E-state index contributed by atoms with van der Waals surface area (Å²) in [5.74, 6) is 0.561. The third-order valence-corrected chi connectivity index (χ3v) is 3.12. The van der Waals surface area contributed by atoms with Crippen LogP contribution in [0.2, 0.25) is 15.3 Å². The van der Waals surface area contributed by atoms with Crippen molar-refractivity contribution in [3.05, 3.63) is 57.0 Å². The highest BCUT2D eigenvalue weighted by Crippen LogP contribution is 2.26. The zero-order valence-corrected chi connectivity index (χ0v) is 10.4. The lowest BCUT2D eigenvalue weighted by molar-refractivity contribution is 0.969. The summed E-state index contributed by atoms with van der Waals surface area (Å²) in [4.78, 5) is 8.13. The Morgan fingerprint density at radius 3 is 2.00 bits per heavy atom. The number of halogens is 3. The molecule has 2 rings (SSSR count). The molecule has 0 atom stereocenters. The molecular formula is C11H7Cl3N2. The van der Waals surface area contributed by atoms with Gasteiger partial charge in [-0.15, -0.1) is 0 Å². The lowest BCUT2D eigenvalue weighted by Gasteiger charge is -2.03. The van der Waals surface area contributed by atoms with E-state index >= 15 is 0 Å². The number of hydrogen-bond donors (Lipinski definition) is 0. The molecular weight excluding hydrogens is 266 g/mol. The van der Waals surface area contributed by atoms with Gasteiger partial charge in [-0.25, -0.2) is 9.97 Å². The SMILES string of the molecule is Clc1nc(Cc2ccccc2)nc(Cl)c1Cl. The molecule has 1 aromatic heterocycles. The monoisotopic (exact) mass is 272 g/mol. The van der Waals surface area contributed by atoms with Crippen molar-refractivity contribution in [1.29, 1.82) is 0 Å². The van der Waals surface area contributed by atoms with Crippen LogP contribution in [0, 0.1) is 0 Å². The maximum atomic E-state index is 5.82. The van der Waals surface area contributed by atoms with Crippen LogP contribution in [0.5, 0.6) is 0 Å². The molecule has 0 fully saturated rings. The summed E-state index contributed by atoms with van der Waals surface area (Å²) in [7, 11) is 0. The summed E-state index contributed by atoms with van der Waals surface area (Å²) >= 11 is 17.4. The normalized spacial score (nSPS) is 10.4. The van der Waals surface area contributed by atoms with Crippen molar-refractivity contribution in [2.75, 3.05) is 0 Å². The van der Waals surface area contributed by atoms with Gasteiger partial charge in [-0.3, -0.25) is 0 Å². The molecule has 82 valence electrons. The Bertz CT molecular complexity index is 477. The third-order valence-electron chi connectivity index (χ3n) is 2.02. The van der Waals surface area contributed by atoms with Crippen LogP contribution in [-0.2, 0) is 6.42 Å². The lowest BCUT2D eigenvalue weighted by atomic mass is 10.1. The van der Waals surface area contributed by atoms with Crippen LogP contribution in [0.4, 0.5) is 0 Å². The lowest BCUT2D eigenvalue weighted by Crippen LogP contribution is -1.98. The Kier molecular flexibility index (Phi) is 3.64. The minimum atomic E-state index is 0.188. The predicted octanol–water partition coefficient (Wildman–Crippen LogP) is 4.03. The van der Waals surface area contributed by atoms with E-state index in [0.717, 1.165) is 5.56 Å². The molecule has 0 amide bonds. The highest BCUT2D eigenvalue weighted by Gasteiger charge is 2.09. The molecule has 0 saturated carbocycles. The summed E-state index contributed by atoms with van der Waals surface area (Å²) in [5, 5.41) is 0.570. The Morgan fingerprint density at radius 1 is 0.875 bits per heavy atom. The molecule has 0 aliphatic carbocycles. The first-order valence-electron chi connectivity index (χ1n) is 4.58. The van der Waals surface area contributed by atoms with Crippen LogP contribution in [0.15, 0.2) is 30.3 Å². The van der Waals surface area contributed by atoms with Gasteiger partial charge in [0.15, 0.2) is 10.3 Å². The smallest absolute Gasteiger partial charge is 0.152 e. The molecule has 0 aliphatic rings. The van der Waals surface area contributed by atoms with Crippen molar-refractivity contribution >= 4 is 34.8 Å². The van der Waals surface area contributed by atoms with Crippen LogP contribution in [0.25, 0.3) is 0 Å². The molecule has 5 heteroatoms. The van der Waals surface area contributed by atoms with Crippen LogP contribution in [-0.4, -0.2) is 9.97 Å². The van der Waals surface area contributed by atoms with Crippen molar-refractivity contribution in [3.63, 3.8) is 0 Å². The van der Waals surface area contributed by atoms with Gasteiger partial charge in [-0.05, 0) is 5.56 Å². The van der Waals surface area contributed by atoms with E-state index in [-0.39, 0.29) is 15.3 Å². The number of aromatic nitrogens is 2. The number of benzene rings is 1. The molecule has 0 aliphatic heterocycles. The van der Waals surface area contributed by atoms with Crippen molar-refractivity contribution in [2.45, 2.75) is 6.42 Å². The fourth-order valence-electron chi connectivity index (χ4n) is 1.29. The standard InChI is InChI=1S/C11H7Cl3N2/c12-9-10(13)15-8(16-11(9)14)6-7-4-2-1-3-5-7/h1-5H,6H2. The molecule has 0 saturated heterocycles. The summed E-state index contributed by atoms with van der Waals surface area (Å²) in [6, 6.07) is 9.83. The zero-order valence-electron chi connectivity index (χ0n) is 8.12. The summed E-state index contributed by atoms with van der Waals surface area (Å²) < 4.78 is 0. The zero-order chi connectivity index (χ0) is 11.5. The van der Waals surface area contributed by atoms with Gasteiger partial charge < -0.3 is 0 Å². The van der Waals surface area contributed by atoms with Crippen molar-refractivity contribution in [3.8, 4) is 0 Å². The highest BCUT2D eigenvalue weighted by atomic mass is 35.5. The predicted molar refractivity (Wildman–Crippen MR) is 66.3 cm³/mol. The van der Waals surface area contributed by atoms with E-state index in [4.69, 9.17) is 34.8 Å². The van der Waals surface area contributed by atoms with Crippen molar-refractivity contribution in [2.24, 2.45) is 0 Å². The number of rotatable bonds is 2. The number of hydrogen-bond acceptors (Lipinski definition) is 2. The Morgan fingerprint density at radius 2 is 1.44 bits per heavy atom. The van der Waals surface area contributed by atoms with Crippen molar-refractivity contribution < 1.29 is 0 Å². The van der Waals surface area contributed by atoms with E-state index in [2.05, 4.69) is 9.97 Å². The van der Waals surface area contributed by atoms with Gasteiger partial charge in [0.2, 0.25) is 0 Å². The highest BCUT2D eigenvalue weighted by molar-refractivity contribution is 6.46. The number of nitrogens with zero attached hydrogens (tertiary/aromatic N) is 2. The van der Waals surface area contributed by atoms with E-state index in [0.29, 0.717) is 12.2 Å². The van der Waals surface area contributed by atoms with Gasteiger partial charge in [0.1, 0.15) is 10.8 Å². The van der Waals surface area contributed by atoms with Crippen LogP contribution >= 0.6 is 34.8 Å². The minimum Gasteiger partial charge on any atom is -0.219 e. The second-order valence-electron chi connectivity index (χ2n) is 3.20. The Labute approximate surface area is 108 Å². The fraction of sp³-hybridized carbons (Fsp3) is 0.0909. The van der Waals surface area contributed by atoms with Crippen LogP contribution in [0.3, 0.4) is 0 Å². The molecule has 1 aromatic carbocycles. The molecule has 2 aromatic rings. The third kappa shape index (κ3) is 2.64. The van der Waals surface area contributed by atoms with Crippen LogP contribution < -0.4 is 0 Å². The maximum Gasteiger partial charge on any atom is 0.152 e. The first-order chi connectivity index (χ1) is 7.66. The second kappa shape index (κ2) is 5.00. The van der Waals surface area contributed by atoms with E-state index in [1.807, 2.05) is 30.3 Å². The van der Waals surface area contributed by atoms with E-state index in [1.54, 1.807) is 0 Å².